The molecule has 1 heteroatoms. The van der Waals surface area contributed by atoms with E-state index in [2.05, 4.69) is 55.6 Å². The Morgan fingerprint density at radius 3 is 3.00 bits per heavy atom. The molecule has 0 bridgehead atoms. The smallest absolute Gasteiger partial charge is 0.0294 e. The van der Waals surface area contributed by atoms with Crippen LogP contribution in [-0.4, -0.2) is 6.04 Å². The van der Waals surface area contributed by atoms with Gasteiger partial charge in [0.2, 0.25) is 0 Å². The maximum Gasteiger partial charge on any atom is 0.0294 e. The van der Waals surface area contributed by atoms with Crippen molar-refractivity contribution in [1.29, 1.82) is 0 Å². The van der Waals surface area contributed by atoms with E-state index >= 15 is 0 Å². The molecule has 0 amide bonds. The van der Waals surface area contributed by atoms with Gasteiger partial charge in [-0.3, -0.25) is 0 Å². The first-order chi connectivity index (χ1) is 8.24. The molecule has 0 radical (unpaired) electrons. The maximum absolute atomic E-state index is 3.78. The predicted molar refractivity (Wildman–Crippen MR) is 71.9 cm³/mol. The average Bonchev–Trinajstić information content (AvgIpc) is 2.67. The van der Waals surface area contributed by atoms with Crippen molar-refractivity contribution in [1.82, 2.24) is 5.32 Å². The quantitative estimate of drug-likeness (QED) is 0.778. The number of hydrogen-bond acceptors (Lipinski definition) is 1. The minimum Gasteiger partial charge on any atom is -0.307 e. The van der Waals surface area contributed by atoms with Crippen molar-refractivity contribution in [2.45, 2.75) is 38.8 Å². The van der Waals surface area contributed by atoms with E-state index in [1.807, 2.05) is 0 Å². The zero-order valence-electron chi connectivity index (χ0n) is 10.7. The lowest BCUT2D eigenvalue weighted by molar-refractivity contribution is 0.152. The first kappa shape index (κ1) is 11.0. The number of hydrogen-bond donors (Lipinski definition) is 1. The lowest BCUT2D eigenvalue weighted by Gasteiger charge is -2.42. The van der Waals surface area contributed by atoms with Crippen LogP contribution in [0.4, 0.5) is 0 Å². The number of aryl methyl sites for hydroxylation is 1. The molecule has 3 unspecified atom stereocenters. The molecule has 0 aliphatic heterocycles. The number of rotatable bonds is 3. The first-order valence-corrected chi connectivity index (χ1v) is 6.73. The summed E-state index contributed by atoms with van der Waals surface area (Å²) in [5.41, 5.74) is 2.76. The highest BCUT2D eigenvalue weighted by atomic mass is 15.0. The van der Waals surface area contributed by atoms with Gasteiger partial charge in [-0.05, 0) is 44.1 Å². The van der Waals surface area contributed by atoms with Crippen molar-refractivity contribution in [3.05, 3.63) is 47.5 Å². The van der Waals surface area contributed by atoms with E-state index in [0.717, 1.165) is 11.8 Å². The minimum absolute atomic E-state index is 0.467. The standard InChI is InChI=1S/C16H21N/c1-11-5-3-6-13(9-11)12(2)17-16-10-14-7-4-8-15(14)16/h3-6,8-9,12,14-17H,7,10H2,1-2H3/t12-,14?,15?,16?/m0/s1. The monoisotopic (exact) mass is 227 g/mol. The van der Waals surface area contributed by atoms with Crippen LogP contribution in [0.15, 0.2) is 36.4 Å². The SMILES string of the molecule is Cc1cccc([C@H](C)NC2CC3CC=CC32)c1. The van der Waals surface area contributed by atoms with Gasteiger partial charge in [-0.15, -0.1) is 0 Å². The van der Waals surface area contributed by atoms with Crippen LogP contribution in [-0.2, 0) is 0 Å². The molecule has 1 saturated carbocycles. The summed E-state index contributed by atoms with van der Waals surface area (Å²) in [5.74, 6) is 1.75. The predicted octanol–water partition coefficient (Wildman–Crippen LogP) is 3.61. The van der Waals surface area contributed by atoms with Gasteiger partial charge in [0.25, 0.3) is 0 Å². The van der Waals surface area contributed by atoms with Crippen LogP contribution >= 0.6 is 0 Å². The maximum atomic E-state index is 3.78. The molecule has 4 atom stereocenters. The molecule has 0 spiro atoms. The third kappa shape index (κ3) is 2.04. The number of allylic oxidation sites excluding steroid dienone is 1. The molecular weight excluding hydrogens is 206 g/mol. The topological polar surface area (TPSA) is 12.0 Å². The fraction of sp³-hybridized carbons (Fsp3) is 0.500. The van der Waals surface area contributed by atoms with Crippen LogP contribution in [0.3, 0.4) is 0 Å². The molecule has 90 valence electrons. The Morgan fingerprint density at radius 1 is 1.35 bits per heavy atom. The van der Waals surface area contributed by atoms with E-state index in [9.17, 15) is 0 Å². The fourth-order valence-electron chi connectivity index (χ4n) is 3.26. The van der Waals surface area contributed by atoms with E-state index in [-0.39, 0.29) is 0 Å². The van der Waals surface area contributed by atoms with Gasteiger partial charge in [-0.25, -0.2) is 0 Å². The van der Waals surface area contributed by atoms with Gasteiger partial charge < -0.3 is 5.32 Å². The summed E-state index contributed by atoms with van der Waals surface area (Å²) in [6.45, 7) is 4.44. The van der Waals surface area contributed by atoms with Gasteiger partial charge >= 0.3 is 0 Å². The lowest BCUT2D eigenvalue weighted by Crippen LogP contribution is -2.48. The van der Waals surface area contributed by atoms with Crippen LogP contribution in [0.2, 0.25) is 0 Å². The van der Waals surface area contributed by atoms with Crippen LogP contribution in [0.5, 0.6) is 0 Å². The van der Waals surface area contributed by atoms with Gasteiger partial charge in [0, 0.05) is 12.1 Å². The van der Waals surface area contributed by atoms with Crippen molar-refractivity contribution in [2.75, 3.05) is 0 Å². The Hall–Kier alpha value is -1.08. The number of nitrogens with one attached hydrogen (secondary N) is 1. The number of benzene rings is 1. The normalized spacial score (nSPS) is 32.0. The highest BCUT2D eigenvalue weighted by Gasteiger charge is 2.41. The van der Waals surface area contributed by atoms with E-state index in [0.29, 0.717) is 12.1 Å². The molecule has 2 aliphatic carbocycles. The molecule has 2 aliphatic rings. The lowest BCUT2D eigenvalue weighted by atomic mass is 9.71. The van der Waals surface area contributed by atoms with Crippen LogP contribution < -0.4 is 5.32 Å². The van der Waals surface area contributed by atoms with Crippen LogP contribution in [0, 0.1) is 18.8 Å². The fourth-order valence-corrected chi connectivity index (χ4v) is 3.26. The third-order valence-electron chi connectivity index (χ3n) is 4.37. The molecule has 0 heterocycles. The summed E-state index contributed by atoms with van der Waals surface area (Å²) in [6.07, 6.45) is 7.43. The molecule has 0 saturated heterocycles. The molecule has 1 aromatic carbocycles. The Balaban J connectivity index is 1.64. The van der Waals surface area contributed by atoms with Gasteiger partial charge in [0.1, 0.15) is 0 Å². The average molecular weight is 227 g/mol. The zero-order valence-corrected chi connectivity index (χ0v) is 10.7. The van der Waals surface area contributed by atoms with Gasteiger partial charge in [-0.2, -0.15) is 0 Å². The van der Waals surface area contributed by atoms with Crippen LogP contribution in [0.25, 0.3) is 0 Å². The molecule has 17 heavy (non-hydrogen) atoms. The summed E-state index contributed by atoms with van der Waals surface area (Å²) in [6, 6.07) is 10.0. The zero-order chi connectivity index (χ0) is 11.8. The van der Waals surface area contributed by atoms with Crippen molar-refractivity contribution < 1.29 is 0 Å². The summed E-state index contributed by atoms with van der Waals surface area (Å²) in [5, 5.41) is 3.78. The highest BCUT2D eigenvalue weighted by Crippen LogP contribution is 2.43. The van der Waals surface area contributed by atoms with E-state index in [4.69, 9.17) is 0 Å². The second-order valence-corrected chi connectivity index (χ2v) is 5.65. The molecule has 1 nitrogen and oxygen atoms in total. The molecule has 1 aromatic rings. The Bertz CT molecular complexity index is 435. The summed E-state index contributed by atoms with van der Waals surface area (Å²) in [7, 11) is 0. The molecular formula is C16H21N. The first-order valence-electron chi connectivity index (χ1n) is 6.73. The molecule has 0 aromatic heterocycles. The second-order valence-electron chi connectivity index (χ2n) is 5.65. The Labute approximate surface area is 104 Å². The Morgan fingerprint density at radius 2 is 2.24 bits per heavy atom. The Kier molecular flexibility index (Phi) is 2.79. The van der Waals surface area contributed by atoms with Gasteiger partial charge in [-0.1, -0.05) is 42.0 Å². The number of fused-ring (bicyclic) bond motifs is 1. The molecule has 1 N–H and O–H groups in total. The van der Waals surface area contributed by atoms with E-state index in [1.54, 1.807) is 0 Å². The van der Waals surface area contributed by atoms with E-state index < -0.39 is 0 Å². The summed E-state index contributed by atoms with van der Waals surface area (Å²) in [4.78, 5) is 0. The van der Waals surface area contributed by atoms with Crippen molar-refractivity contribution in [3.8, 4) is 0 Å². The van der Waals surface area contributed by atoms with Crippen LogP contribution in [0.1, 0.15) is 36.9 Å². The summed E-state index contributed by atoms with van der Waals surface area (Å²) >= 11 is 0. The molecule has 1 fully saturated rings. The van der Waals surface area contributed by atoms with Gasteiger partial charge in [0.05, 0.1) is 0 Å². The third-order valence-corrected chi connectivity index (χ3v) is 4.37. The van der Waals surface area contributed by atoms with Gasteiger partial charge in [0.15, 0.2) is 0 Å². The van der Waals surface area contributed by atoms with Crippen molar-refractivity contribution in [3.63, 3.8) is 0 Å². The van der Waals surface area contributed by atoms with E-state index in [1.165, 1.54) is 24.0 Å². The highest BCUT2D eigenvalue weighted by molar-refractivity contribution is 5.25. The molecule has 3 rings (SSSR count). The largest absolute Gasteiger partial charge is 0.307 e. The second kappa shape index (κ2) is 4.30. The summed E-state index contributed by atoms with van der Waals surface area (Å²) < 4.78 is 0. The van der Waals surface area contributed by atoms with Crippen molar-refractivity contribution >= 4 is 0 Å². The van der Waals surface area contributed by atoms with Crippen molar-refractivity contribution in [2.24, 2.45) is 11.8 Å². The minimum atomic E-state index is 0.467.